The van der Waals surface area contributed by atoms with Gasteiger partial charge in [-0.3, -0.25) is 14.4 Å². The van der Waals surface area contributed by atoms with Crippen molar-refractivity contribution in [1.82, 2.24) is 4.31 Å². The molecule has 1 aliphatic rings. The van der Waals surface area contributed by atoms with E-state index in [1.807, 2.05) is 0 Å². The maximum Gasteiger partial charge on any atom is 0.269 e. The average molecular weight is 417 g/mol. The van der Waals surface area contributed by atoms with Crippen LogP contribution >= 0.6 is 0 Å². The largest absolute Gasteiger partial charge is 0.495 e. The third kappa shape index (κ3) is 3.66. The molecule has 0 aromatic heterocycles. The SMILES string of the molecule is COc1ccc(NC(C)=O)cc1NC(=O)[C@H](C)N1C(=O)c2ccccc2S1(=O)=O. The van der Waals surface area contributed by atoms with E-state index in [4.69, 9.17) is 4.74 Å². The zero-order valence-electron chi connectivity index (χ0n) is 15.9. The number of fused-ring (bicyclic) bond motifs is 1. The van der Waals surface area contributed by atoms with Crippen LogP contribution in [-0.2, 0) is 19.6 Å². The molecule has 0 bridgehead atoms. The second-order valence-electron chi connectivity index (χ2n) is 6.36. The first kappa shape index (κ1) is 20.3. The Morgan fingerprint density at radius 1 is 1.10 bits per heavy atom. The van der Waals surface area contributed by atoms with Gasteiger partial charge in [0.05, 0.1) is 18.4 Å². The molecule has 2 aromatic rings. The molecule has 0 unspecified atom stereocenters. The molecule has 1 aliphatic heterocycles. The molecule has 0 saturated carbocycles. The van der Waals surface area contributed by atoms with Crippen LogP contribution in [0.1, 0.15) is 24.2 Å². The molecule has 2 aromatic carbocycles. The number of carbonyl (C=O) groups is 3. The number of amides is 3. The van der Waals surface area contributed by atoms with Crippen LogP contribution in [0.5, 0.6) is 5.75 Å². The minimum Gasteiger partial charge on any atom is -0.495 e. The molecule has 1 atom stereocenters. The van der Waals surface area contributed by atoms with Crippen LogP contribution in [0.15, 0.2) is 47.4 Å². The van der Waals surface area contributed by atoms with E-state index in [0.29, 0.717) is 15.7 Å². The Labute approximate surface area is 167 Å². The summed E-state index contributed by atoms with van der Waals surface area (Å²) in [7, 11) is -2.74. The van der Waals surface area contributed by atoms with Gasteiger partial charge < -0.3 is 15.4 Å². The summed E-state index contributed by atoms with van der Waals surface area (Å²) >= 11 is 0. The molecule has 0 fully saturated rings. The molecular weight excluding hydrogens is 398 g/mol. The van der Waals surface area contributed by atoms with Gasteiger partial charge in [0.15, 0.2) is 0 Å². The standard InChI is InChI=1S/C19H19N3O6S/c1-11(22-19(25)14-6-4-5-7-17(14)29(22,26)27)18(24)21-15-10-13(20-12(2)23)8-9-16(15)28-3/h4-11H,1-3H3,(H,20,23)(H,21,24)/t11-/m0/s1. The third-order valence-electron chi connectivity index (χ3n) is 4.36. The molecule has 2 N–H and O–H groups in total. The number of hydrogen-bond donors (Lipinski definition) is 2. The molecule has 3 amide bonds. The lowest BCUT2D eigenvalue weighted by molar-refractivity contribution is -0.119. The number of carbonyl (C=O) groups excluding carboxylic acids is 3. The highest BCUT2D eigenvalue weighted by Gasteiger charge is 2.45. The van der Waals surface area contributed by atoms with Crippen molar-refractivity contribution in [3.05, 3.63) is 48.0 Å². The maximum absolute atomic E-state index is 12.8. The number of rotatable bonds is 5. The third-order valence-corrected chi connectivity index (χ3v) is 6.28. The average Bonchev–Trinajstić information content (AvgIpc) is 2.87. The van der Waals surface area contributed by atoms with E-state index in [2.05, 4.69) is 10.6 Å². The van der Waals surface area contributed by atoms with E-state index in [9.17, 15) is 22.8 Å². The Bertz CT molecular complexity index is 1110. The van der Waals surface area contributed by atoms with E-state index in [1.165, 1.54) is 45.2 Å². The van der Waals surface area contributed by atoms with Gasteiger partial charge in [0, 0.05) is 12.6 Å². The van der Waals surface area contributed by atoms with Crippen LogP contribution in [0, 0.1) is 0 Å². The molecule has 9 nitrogen and oxygen atoms in total. The number of anilines is 2. The summed E-state index contributed by atoms with van der Waals surface area (Å²) in [6.07, 6.45) is 0. The smallest absolute Gasteiger partial charge is 0.269 e. The van der Waals surface area contributed by atoms with E-state index in [0.717, 1.165) is 0 Å². The van der Waals surface area contributed by atoms with Crippen LogP contribution in [-0.4, -0.2) is 43.6 Å². The molecule has 0 aliphatic carbocycles. The molecule has 1 heterocycles. The summed E-state index contributed by atoms with van der Waals surface area (Å²) in [5.74, 6) is -1.49. The van der Waals surface area contributed by atoms with Crippen molar-refractivity contribution in [2.75, 3.05) is 17.7 Å². The van der Waals surface area contributed by atoms with E-state index >= 15 is 0 Å². The molecule has 29 heavy (non-hydrogen) atoms. The van der Waals surface area contributed by atoms with Crippen molar-refractivity contribution >= 4 is 39.1 Å². The van der Waals surface area contributed by atoms with Gasteiger partial charge in [0.2, 0.25) is 11.8 Å². The number of methoxy groups -OCH3 is 1. The van der Waals surface area contributed by atoms with Crippen LogP contribution < -0.4 is 15.4 Å². The molecule has 0 saturated heterocycles. The summed E-state index contributed by atoms with van der Waals surface area (Å²) in [5.41, 5.74) is 0.660. The Morgan fingerprint density at radius 3 is 2.41 bits per heavy atom. The zero-order valence-corrected chi connectivity index (χ0v) is 16.7. The predicted molar refractivity (Wildman–Crippen MR) is 105 cm³/mol. The maximum atomic E-state index is 12.8. The first-order valence-corrected chi connectivity index (χ1v) is 10.0. The van der Waals surface area contributed by atoms with Crippen molar-refractivity contribution in [2.45, 2.75) is 24.8 Å². The van der Waals surface area contributed by atoms with E-state index in [1.54, 1.807) is 18.2 Å². The van der Waals surface area contributed by atoms with Gasteiger partial charge >= 0.3 is 0 Å². The Balaban J connectivity index is 1.89. The van der Waals surface area contributed by atoms with Crippen molar-refractivity contribution in [3.63, 3.8) is 0 Å². The quantitative estimate of drug-likeness (QED) is 0.765. The highest BCUT2D eigenvalue weighted by atomic mass is 32.2. The van der Waals surface area contributed by atoms with Gasteiger partial charge in [-0.1, -0.05) is 12.1 Å². The van der Waals surface area contributed by atoms with Crippen LogP contribution in [0.2, 0.25) is 0 Å². The lowest BCUT2D eigenvalue weighted by Crippen LogP contribution is -2.45. The van der Waals surface area contributed by atoms with Gasteiger partial charge in [0.25, 0.3) is 15.9 Å². The van der Waals surface area contributed by atoms with E-state index in [-0.39, 0.29) is 22.1 Å². The van der Waals surface area contributed by atoms with Crippen molar-refractivity contribution in [2.24, 2.45) is 0 Å². The summed E-state index contributed by atoms with van der Waals surface area (Å²) in [6.45, 7) is 2.66. The summed E-state index contributed by atoms with van der Waals surface area (Å²) in [5, 5.41) is 5.14. The number of sulfonamides is 1. The van der Waals surface area contributed by atoms with Gasteiger partial charge in [0.1, 0.15) is 16.7 Å². The minimum atomic E-state index is -4.14. The number of hydrogen-bond acceptors (Lipinski definition) is 6. The van der Waals surface area contributed by atoms with Crippen molar-refractivity contribution in [3.8, 4) is 5.75 Å². The number of ether oxygens (including phenoxy) is 1. The summed E-state index contributed by atoms with van der Waals surface area (Å²) < 4.78 is 31.3. The molecule has 3 rings (SSSR count). The van der Waals surface area contributed by atoms with Crippen LogP contribution in [0.3, 0.4) is 0 Å². The lowest BCUT2D eigenvalue weighted by Gasteiger charge is -2.23. The Hall–Kier alpha value is -3.40. The summed E-state index contributed by atoms with van der Waals surface area (Å²) in [6, 6.07) is 9.08. The molecule has 10 heteroatoms. The fourth-order valence-electron chi connectivity index (χ4n) is 3.02. The molecule has 0 spiro atoms. The first-order valence-electron chi connectivity index (χ1n) is 8.61. The molecule has 152 valence electrons. The van der Waals surface area contributed by atoms with Gasteiger partial charge in [-0.2, -0.15) is 0 Å². The minimum absolute atomic E-state index is 0.0254. The Kier molecular flexibility index (Phi) is 5.29. The molecular formula is C19H19N3O6S. The highest BCUT2D eigenvalue weighted by molar-refractivity contribution is 7.90. The van der Waals surface area contributed by atoms with Crippen molar-refractivity contribution in [1.29, 1.82) is 0 Å². The number of nitrogens with one attached hydrogen (secondary N) is 2. The monoisotopic (exact) mass is 417 g/mol. The number of nitrogens with zero attached hydrogens (tertiary/aromatic N) is 1. The van der Waals surface area contributed by atoms with Crippen molar-refractivity contribution < 1.29 is 27.5 Å². The van der Waals surface area contributed by atoms with Gasteiger partial charge in [-0.05, 0) is 37.3 Å². The number of benzene rings is 2. The summed E-state index contributed by atoms with van der Waals surface area (Å²) in [4.78, 5) is 36.5. The van der Waals surface area contributed by atoms with Crippen LogP contribution in [0.25, 0.3) is 0 Å². The lowest BCUT2D eigenvalue weighted by atomic mass is 10.2. The molecule has 0 radical (unpaired) electrons. The van der Waals surface area contributed by atoms with Gasteiger partial charge in [-0.15, -0.1) is 0 Å². The van der Waals surface area contributed by atoms with E-state index < -0.39 is 27.9 Å². The Morgan fingerprint density at radius 2 is 1.79 bits per heavy atom. The zero-order chi connectivity index (χ0) is 21.3. The topological polar surface area (TPSA) is 122 Å². The first-order chi connectivity index (χ1) is 13.7. The normalized spacial score (nSPS) is 15.4. The van der Waals surface area contributed by atoms with Crippen LogP contribution in [0.4, 0.5) is 11.4 Å². The fourth-order valence-corrected chi connectivity index (χ4v) is 4.74. The second kappa shape index (κ2) is 7.55. The highest BCUT2D eigenvalue weighted by Crippen LogP contribution is 2.33. The fraction of sp³-hybridized carbons (Fsp3) is 0.211. The van der Waals surface area contributed by atoms with Gasteiger partial charge in [-0.25, -0.2) is 12.7 Å². The second-order valence-corrected chi connectivity index (χ2v) is 8.15. The predicted octanol–water partition coefficient (Wildman–Crippen LogP) is 1.83.